The summed E-state index contributed by atoms with van der Waals surface area (Å²) in [5.41, 5.74) is 2.30. The van der Waals surface area contributed by atoms with Crippen molar-refractivity contribution in [1.29, 1.82) is 0 Å². The molecule has 1 fully saturated rings. The van der Waals surface area contributed by atoms with Gasteiger partial charge in [-0.1, -0.05) is 12.1 Å². The highest BCUT2D eigenvalue weighted by molar-refractivity contribution is 5.75. The fourth-order valence-electron chi connectivity index (χ4n) is 3.15. The van der Waals surface area contributed by atoms with Gasteiger partial charge in [-0.2, -0.15) is 0 Å². The summed E-state index contributed by atoms with van der Waals surface area (Å²) in [5, 5.41) is 3.57. The van der Waals surface area contributed by atoms with Crippen LogP contribution in [0.5, 0.6) is 0 Å². The van der Waals surface area contributed by atoms with Crippen LogP contribution in [0.1, 0.15) is 31.6 Å². The number of para-hydroxylation sites is 2. The Morgan fingerprint density at radius 2 is 2.25 bits per heavy atom. The van der Waals surface area contributed by atoms with Gasteiger partial charge in [0.2, 0.25) is 0 Å². The van der Waals surface area contributed by atoms with Crippen LogP contribution in [0.2, 0.25) is 0 Å². The molecular formula is C16H24N4. The van der Waals surface area contributed by atoms with E-state index in [0.717, 1.165) is 17.9 Å². The van der Waals surface area contributed by atoms with E-state index in [9.17, 15) is 0 Å². The largest absolute Gasteiger partial charge is 0.330 e. The second-order valence-corrected chi connectivity index (χ2v) is 5.93. The average molecular weight is 272 g/mol. The molecule has 4 heteroatoms. The molecule has 0 aliphatic carbocycles. The number of hydrogen-bond donors (Lipinski definition) is 1. The van der Waals surface area contributed by atoms with E-state index in [2.05, 4.69) is 60.1 Å². The maximum atomic E-state index is 4.81. The Balaban J connectivity index is 1.80. The van der Waals surface area contributed by atoms with Crippen molar-refractivity contribution < 1.29 is 0 Å². The first-order valence-electron chi connectivity index (χ1n) is 7.52. The Labute approximate surface area is 120 Å². The first kappa shape index (κ1) is 13.6. The van der Waals surface area contributed by atoms with E-state index in [1.807, 2.05) is 0 Å². The Kier molecular flexibility index (Phi) is 3.76. The molecule has 1 N–H and O–H groups in total. The molecule has 4 nitrogen and oxygen atoms in total. The lowest BCUT2D eigenvalue weighted by Gasteiger charge is -2.27. The van der Waals surface area contributed by atoms with Crippen LogP contribution in [0.3, 0.4) is 0 Å². The molecule has 1 aromatic heterocycles. The number of nitrogens with one attached hydrogen (secondary N) is 1. The molecule has 0 radical (unpaired) electrons. The van der Waals surface area contributed by atoms with Crippen LogP contribution in [0.4, 0.5) is 0 Å². The smallest absolute Gasteiger partial charge is 0.126 e. The van der Waals surface area contributed by atoms with Crippen molar-refractivity contribution in [3.05, 3.63) is 30.1 Å². The molecule has 0 bridgehead atoms. The SMILES string of the molecule is CC(c1nc2ccccc2n1C)N(C)CC1CCCN1. The molecule has 0 saturated carbocycles. The van der Waals surface area contributed by atoms with Crippen LogP contribution >= 0.6 is 0 Å². The van der Waals surface area contributed by atoms with Crippen LogP contribution < -0.4 is 5.32 Å². The van der Waals surface area contributed by atoms with Gasteiger partial charge in [0.15, 0.2) is 0 Å². The maximum Gasteiger partial charge on any atom is 0.126 e. The van der Waals surface area contributed by atoms with Gasteiger partial charge in [0.25, 0.3) is 0 Å². The zero-order valence-electron chi connectivity index (χ0n) is 12.6. The van der Waals surface area contributed by atoms with Crippen LogP contribution in [-0.4, -0.2) is 40.6 Å². The summed E-state index contributed by atoms with van der Waals surface area (Å²) in [5.74, 6) is 1.15. The second-order valence-electron chi connectivity index (χ2n) is 5.93. The van der Waals surface area contributed by atoms with Crippen LogP contribution in [0, 0.1) is 0 Å². The normalized spacial score (nSPS) is 20.9. The number of imidazole rings is 1. The fraction of sp³-hybridized carbons (Fsp3) is 0.562. The number of aryl methyl sites for hydroxylation is 1. The molecule has 0 amide bonds. The van der Waals surface area contributed by atoms with E-state index >= 15 is 0 Å². The molecule has 1 saturated heterocycles. The Hall–Kier alpha value is -1.39. The summed E-state index contributed by atoms with van der Waals surface area (Å²) in [6, 6.07) is 9.31. The maximum absolute atomic E-state index is 4.81. The van der Waals surface area contributed by atoms with Gasteiger partial charge in [0.1, 0.15) is 5.82 Å². The quantitative estimate of drug-likeness (QED) is 0.927. The van der Waals surface area contributed by atoms with E-state index in [0.29, 0.717) is 12.1 Å². The number of benzene rings is 1. The Morgan fingerprint density at radius 3 is 2.95 bits per heavy atom. The molecule has 2 unspecified atom stereocenters. The lowest BCUT2D eigenvalue weighted by Crippen LogP contribution is -2.37. The average Bonchev–Trinajstić information content (AvgIpc) is 3.07. The third kappa shape index (κ3) is 2.45. The standard InChI is InChI=1S/C16H24N4/c1-12(19(2)11-13-7-6-10-17-13)16-18-14-8-4-5-9-15(14)20(16)3/h4-5,8-9,12-13,17H,6-7,10-11H2,1-3H3. The highest BCUT2D eigenvalue weighted by Gasteiger charge is 2.22. The van der Waals surface area contributed by atoms with Crippen molar-refractivity contribution in [2.24, 2.45) is 7.05 Å². The van der Waals surface area contributed by atoms with Gasteiger partial charge in [-0.15, -0.1) is 0 Å². The molecule has 3 rings (SSSR count). The lowest BCUT2D eigenvalue weighted by atomic mass is 10.2. The summed E-state index contributed by atoms with van der Waals surface area (Å²) in [6.45, 7) is 4.50. The third-order valence-electron chi connectivity index (χ3n) is 4.53. The van der Waals surface area contributed by atoms with Crippen LogP contribution in [-0.2, 0) is 7.05 Å². The van der Waals surface area contributed by atoms with E-state index in [-0.39, 0.29) is 0 Å². The Morgan fingerprint density at radius 1 is 1.45 bits per heavy atom. The summed E-state index contributed by atoms with van der Waals surface area (Å²) < 4.78 is 2.22. The molecule has 20 heavy (non-hydrogen) atoms. The van der Waals surface area contributed by atoms with Crippen molar-refractivity contribution in [3.63, 3.8) is 0 Å². The van der Waals surface area contributed by atoms with Crippen molar-refractivity contribution in [2.45, 2.75) is 31.8 Å². The number of likely N-dealkylation sites (N-methyl/N-ethyl adjacent to an activating group) is 1. The van der Waals surface area contributed by atoms with Crippen LogP contribution in [0.15, 0.2) is 24.3 Å². The van der Waals surface area contributed by atoms with Gasteiger partial charge in [-0.3, -0.25) is 4.90 Å². The molecule has 2 atom stereocenters. The van der Waals surface area contributed by atoms with E-state index in [1.54, 1.807) is 0 Å². The van der Waals surface area contributed by atoms with Gasteiger partial charge in [-0.25, -0.2) is 4.98 Å². The van der Waals surface area contributed by atoms with Gasteiger partial charge >= 0.3 is 0 Å². The predicted octanol–water partition coefficient (Wildman–Crippen LogP) is 2.32. The minimum absolute atomic E-state index is 0.329. The third-order valence-corrected chi connectivity index (χ3v) is 4.53. The first-order chi connectivity index (χ1) is 9.66. The Bertz CT molecular complexity index is 583. The van der Waals surface area contributed by atoms with E-state index < -0.39 is 0 Å². The number of aromatic nitrogens is 2. The van der Waals surface area contributed by atoms with E-state index in [4.69, 9.17) is 4.98 Å². The lowest BCUT2D eigenvalue weighted by molar-refractivity contribution is 0.228. The van der Waals surface area contributed by atoms with Crippen LogP contribution in [0.25, 0.3) is 11.0 Å². The highest BCUT2D eigenvalue weighted by Crippen LogP contribution is 2.23. The van der Waals surface area contributed by atoms with Crippen molar-refractivity contribution in [1.82, 2.24) is 19.8 Å². The molecule has 2 aromatic rings. The number of rotatable bonds is 4. The number of hydrogen-bond acceptors (Lipinski definition) is 3. The fourth-order valence-corrected chi connectivity index (χ4v) is 3.15. The monoisotopic (exact) mass is 272 g/mol. The topological polar surface area (TPSA) is 33.1 Å². The molecule has 108 valence electrons. The van der Waals surface area contributed by atoms with Crippen molar-refractivity contribution in [2.75, 3.05) is 20.1 Å². The van der Waals surface area contributed by atoms with Gasteiger partial charge < -0.3 is 9.88 Å². The summed E-state index contributed by atoms with van der Waals surface area (Å²) >= 11 is 0. The van der Waals surface area contributed by atoms with Gasteiger partial charge in [0, 0.05) is 19.6 Å². The summed E-state index contributed by atoms with van der Waals surface area (Å²) in [7, 11) is 4.31. The molecule has 1 aliphatic heterocycles. The van der Waals surface area contributed by atoms with Gasteiger partial charge in [-0.05, 0) is 45.5 Å². The summed E-state index contributed by atoms with van der Waals surface area (Å²) in [4.78, 5) is 7.22. The molecule has 2 heterocycles. The molecule has 0 spiro atoms. The van der Waals surface area contributed by atoms with Crippen molar-refractivity contribution >= 4 is 11.0 Å². The molecule has 1 aliphatic rings. The second kappa shape index (κ2) is 5.54. The number of nitrogens with zero attached hydrogens (tertiary/aromatic N) is 3. The zero-order chi connectivity index (χ0) is 14.1. The zero-order valence-corrected chi connectivity index (χ0v) is 12.6. The predicted molar refractivity (Wildman–Crippen MR) is 82.8 cm³/mol. The number of fused-ring (bicyclic) bond motifs is 1. The molecule has 1 aromatic carbocycles. The van der Waals surface area contributed by atoms with E-state index in [1.165, 1.54) is 24.9 Å². The first-order valence-corrected chi connectivity index (χ1v) is 7.52. The summed E-state index contributed by atoms with van der Waals surface area (Å²) in [6.07, 6.45) is 2.60. The highest BCUT2D eigenvalue weighted by atomic mass is 15.2. The minimum atomic E-state index is 0.329. The van der Waals surface area contributed by atoms with Crippen molar-refractivity contribution in [3.8, 4) is 0 Å². The van der Waals surface area contributed by atoms with Gasteiger partial charge in [0.05, 0.1) is 17.1 Å². The minimum Gasteiger partial charge on any atom is -0.330 e. The molecular weight excluding hydrogens is 248 g/mol.